The van der Waals surface area contributed by atoms with E-state index in [0.29, 0.717) is 16.2 Å². The summed E-state index contributed by atoms with van der Waals surface area (Å²) in [6.07, 6.45) is 2.62. The Morgan fingerprint density at radius 3 is 2.75 bits per heavy atom. The molecule has 4 aromatic rings. The van der Waals surface area contributed by atoms with Crippen LogP contribution in [0.25, 0.3) is 21.4 Å². The van der Waals surface area contributed by atoms with Gasteiger partial charge in [-0.2, -0.15) is 0 Å². The molecule has 0 saturated carbocycles. The number of fused-ring (bicyclic) bond motifs is 1. The van der Waals surface area contributed by atoms with Gasteiger partial charge in [-0.1, -0.05) is 23.2 Å². The molecule has 0 unspecified atom stereocenters. The van der Waals surface area contributed by atoms with Crippen LogP contribution in [0.5, 0.6) is 5.75 Å². The van der Waals surface area contributed by atoms with Crippen molar-refractivity contribution in [3.63, 3.8) is 0 Å². The van der Waals surface area contributed by atoms with Gasteiger partial charge in [0.15, 0.2) is 11.4 Å². The lowest BCUT2D eigenvalue weighted by Gasteiger charge is -2.18. The number of rotatable bonds is 4. The minimum atomic E-state index is -0.678. The van der Waals surface area contributed by atoms with Crippen LogP contribution in [0.15, 0.2) is 41.1 Å². The van der Waals surface area contributed by atoms with E-state index < -0.39 is 11.9 Å². The largest absolute Gasteiger partial charge is 0.478 e. The average molecular weight is 437 g/mol. The molecule has 144 valence electrons. The number of hydrogen-bond donors (Lipinski definition) is 1. The van der Waals surface area contributed by atoms with Gasteiger partial charge in [0.25, 0.3) is 0 Å². The van der Waals surface area contributed by atoms with Crippen molar-refractivity contribution in [2.45, 2.75) is 20.0 Å². The van der Waals surface area contributed by atoms with Crippen molar-refractivity contribution >= 4 is 51.3 Å². The highest BCUT2D eigenvalue weighted by atomic mass is 35.5. The standard InChI is InChI=1S/C20H15Cl2FN2O2S/c1-9-3-6-15(28-9)12-8-26-18-11(12)7-25-20(24)19(18)27-10(2)16-13(21)4-5-14(23)17(16)22/h3-8,10H,1-2H3,(H2,24,25)/t10-/m1/s1. The maximum atomic E-state index is 13.9. The molecule has 0 radical (unpaired) electrons. The maximum absolute atomic E-state index is 13.9. The van der Waals surface area contributed by atoms with Gasteiger partial charge in [0.05, 0.1) is 10.4 Å². The Balaban J connectivity index is 1.78. The Morgan fingerprint density at radius 1 is 1.25 bits per heavy atom. The van der Waals surface area contributed by atoms with E-state index in [2.05, 4.69) is 4.98 Å². The third-order valence-corrected chi connectivity index (χ3v) is 6.14. The first-order chi connectivity index (χ1) is 13.4. The molecule has 8 heteroatoms. The maximum Gasteiger partial charge on any atom is 0.205 e. The van der Waals surface area contributed by atoms with Crippen molar-refractivity contribution in [3.8, 4) is 16.2 Å². The van der Waals surface area contributed by atoms with Gasteiger partial charge in [-0.15, -0.1) is 11.3 Å². The predicted molar refractivity (Wildman–Crippen MR) is 112 cm³/mol. The van der Waals surface area contributed by atoms with Crippen molar-refractivity contribution in [1.29, 1.82) is 0 Å². The normalized spacial score (nSPS) is 12.5. The summed E-state index contributed by atoms with van der Waals surface area (Å²) in [5.41, 5.74) is 7.74. The molecule has 0 aliphatic heterocycles. The zero-order valence-corrected chi connectivity index (χ0v) is 17.3. The van der Waals surface area contributed by atoms with Gasteiger partial charge in [-0.05, 0) is 38.1 Å². The van der Waals surface area contributed by atoms with Gasteiger partial charge in [-0.25, -0.2) is 9.37 Å². The predicted octanol–water partition coefficient (Wildman–Crippen LogP) is 7.03. The molecule has 2 N–H and O–H groups in total. The number of furan rings is 1. The molecule has 0 spiro atoms. The SMILES string of the molecule is Cc1ccc(-c2coc3c(O[C@H](C)c4c(Cl)ccc(F)c4Cl)c(N)ncc23)s1. The van der Waals surface area contributed by atoms with Crippen LogP contribution in [-0.4, -0.2) is 4.98 Å². The molecule has 4 nitrogen and oxygen atoms in total. The van der Waals surface area contributed by atoms with Gasteiger partial charge in [0.2, 0.25) is 5.75 Å². The lowest BCUT2D eigenvalue weighted by Crippen LogP contribution is -2.08. The smallest absolute Gasteiger partial charge is 0.205 e. The van der Waals surface area contributed by atoms with Crippen molar-refractivity contribution in [3.05, 3.63) is 63.0 Å². The molecule has 3 aromatic heterocycles. The van der Waals surface area contributed by atoms with E-state index in [4.69, 9.17) is 38.1 Å². The summed E-state index contributed by atoms with van der Waals surface area (Å²) < 4.78 is 25.7. The van der Waals surface area contributed by atoms with E-state index in [1.165, 1.54) is 17.0 Å². The quantitative estimate of drug-likeness (QED) is 0.348. The molecular weight excluding hydrogens is 422 g/mol. The summed E-state index contributed by atoms with van der Waals surface area (Å²) in [6, 6.07) is 6.71. The Bertz CT molecular complexity index is 1190. The van der Waals surface area contributed by atoms with Gasteiger partial charge in [0.1, 0.15) is 18.2 Å². The van der Waals surface area contributed by atoms with Crippen LogP contribution < -0.4 is 10.5 Å². The number of nitrogen functional groups attached to an aromatic ring is 1. The van der Waals surface area contributed by atoms with Gasteiger partial charge in [0, 0.05) is 32.1 Å². The average Bonchev–Trinajstić information content (AvgIpc) is 3.27. The van der Waals surface area contributed by atoms with E-state index >= 15 is 0 Å². The summed E-state index contributed by atoms with van der Waals surface area (Å²) in [6.45, 7) is 3.74. The molecule has 0 saturated heterocycles. The van der Waals surface area contributed by atoms with Crippen LogP contribution in [0.3, 0.4) is 0 Å². The minimum absolute atomic E-state index is 0.0899. The first kappa shape index (κ1) is 19.1. The summed E-state index contributed by atoms with van der Waals surface area (Å²) >= 11 is 14.0. The van der Waals surface area contributed by atoms with E-state index in [1.807, 2.05) is 19.1 Å². The molecule has 3 heterocycles. The second kappa shape index (κ2) is 7.28. The first-order valence-corrected chi connectivity index (χ1v) is 9.96. The van der Waals surface area contributed by atoms with Crippen molar-refractivity contribution < 1.29 is 13.5 Å². The Labute approximate surface area is 174 Å². The van der Waals surface area contributed by atoms with Crippen LogP contribution in [0.1, 0.15) is 23.5 Å². The molecule has 1 atom stereocenters. The van der Waals surface area contributed by atoms with Crippen molar-refractivity contribution in [1.82, 2.24) is 4.98 Å². The fourth-order valence-corrected chi connectivity index (χ4v) is 4.58. The number of halogens is 3. The highest BCUT2D eigenvalue weighted by Gasteiger charge is 2.23. The van der Waals surface area contributed by atoms with Crippen LogP contribution >= 0.6 is 34.5 Å². The van der Waals surface area contributed by atoms with Crippen LogP contribution in [-0.2, 0) is 0 Å². The van der Waals surface area contributed by atoms with Crippen LogP contribution in [0.2, 0.25) is 10.0 Å². The topological polar surface area (TPSA) is 61.3 Å². The zero-order chi connectivity index (χ0) is 20.0. The third kappa shape index (κ3) is 3.21. The van der Waals surface area contributed by atoms with Crippen molar-refractivity contribution in [2.75, 3.05) is 5.73 Å². The third-order valence-electron chi connectivity index (χ3n) is 4.39. The molecule has 0 aliphatic carbocycles. The lowest BCUT2D eigenvalue weighted by molar-refractivity contribution is 0.227. The zero-order valence-electron chi connectivity index (χ0n) is 14.9. The van der Waals surface area contributed by atoms with Crippen LogP contribution in [0, 0.1) is 12.7 Å². The molecule has 1 aromatic carbocycles. The number of anilines is 1. The number of hydrogen-bond acceptors (Lipinski definition) is 5. The minimum Gasteiger partial charge on any atom is -0.478 e. The van der Waals surface area contributed by atoms with Gasteiger partial charge in [-0.3, -0.25) is 0 Å². The number of ether oxygens (including phenoxy) is 1. The number of nitrogens with two attached hydrogens (primary N) is 1. The number of aryl methyl sites for hydroxylation is 1. The summed E-state index contributed by atoms with van der Waals surface area (Å²) in [5, 5.41) is 0.981. The summed E-state index contributed by atoms with van der Waals surface area (Å²) in [5.74, 6) is -0.152. The Hall–Kier alpha value is -2.28. The molecular formula is C20H15Cl2FN2O2S. The number of thiophene rings is 1. The second-order valence-corrected chi connectivity index (χ2v) is 8.37. The summed E-state index contributed by atoms with van der Waals surface area (Å²) in [7, 11) is 0. The first-order valence-electron chi connectivity index (χ1n) is 8.39. The number of pyridine rings is 1. The van der Waals surface area contributed by atoms with Gasteiger partial charge >= 0.3 is 0 Å². The molecule has 0 bridgehead atoms. The Kier molecular flexibility index (Phi) is 4.95. The molecule has 28 heavy (non-hydrogen) atoms. The fourth-order valence-electron chi connectivity index (χ4n) is 3.02. The van der Waals surface area contributed by atoms with E-state index in [1.54, 1.807) is 30.7 Å². The van der Waals surface area contributed by atoms with Crippen molar-refractivity contribution in [2.24, 2.45) is 0 Å². The Morgan fingerprint density at radius 2 is 2.04 bits per heavy atom. The van der Waals surface area contributed by atoms with E-state index in [0.717, 1.165) is 15.8 Å². The lowest BCUT2D eigenvalue weighted by atomic mass is 10.1. The number of aromatic nitrogens is 1. The summed E-state index contributed by atoms with van der Waals surface area (Å²) in [4.78, 5) is 6.48. The highest BCUT2D eigenvalue weighted by molar-refractivity contribution is 7.15. The second-order valence-electron chi connectivity index (χ2n) is 6.29. The van der Waals surface area contributed by atoms with E-state index in [-0.39, 0.29) is 16.6 Å². The molecule has 0 amide bonds. The number of benzene rings is 1. The molecule has 0 fully saturated rings. The fraction of sp³-hybridized carbons (Fsp3) is 0.150. The monoisotopic (exact) mass is 436 g/mol. The molecule has 0 aliphatic rings. The number of nitrogens with zero attached hydrogens (tertiary/aromatic N) is 1. The van der Waals surface area contributed by atoms with E-state index in [9.17, 15) is 4.39 Å². The van der Waals surface area contributed by atoms with Crippen LogP contribution in [0.4, 0.5) is 10.2 Å². The molecule has 4 rings (SSSR count). The van der Waals surface area contributed by atoms with Gasteiger partial charge < -0.3 is 14.9 Å². The highest BCUT2D eigenvalue weighted by Crippen LogP contribution is 2.42.